The molecule has 1 aromatic heterocycles. The Morgan fingerprint density at radius 3 is 2.15 bits per heavy atom. The monoisotopic (exact) mass is 358 g/mol. The van der Waals surface area contributed by atoms with Crippen LogP contribution in [-0.2, 0) is 4.74 Å². The molecule has 1 aliphatic rings. The number of pyridine rings is 1. The summed E-state index contributed by atoms with van der Waals surface area (Å²) in [6, 6.07) is 7.73. The molecular weight excluding hydrogens is 340 g/mol. The highest BCUT2D eigenvalue weighted by Crippen LogP contribution is 2.37. The van der Waals surface area contributed by atoms with Crippen molar-refractivity contribution in [3.63, 3.8) is 0 Å². The highest BCUT2D eigenvalue weighted by Gasteiger charge is 2.22. The van der Waals surface area contributed by atoms with Crippen molar-refractivity contribution in [2.45, 2.75) is 27.7 Å². The average Bonchev–Trinajstić information content (AvgIpc) is 2.61. The summed E-state index contributed by atoms with van der Waals surface area (Å²) < 4.78 is 10.8. The van der Waals surface area contributed by atoms with Gasteiger partial charge in [0.15, 0.2) is 0 Å². The first-order valence-corrected chi connectivity index (χ1v) is 8.12. The maximum atomic E-state index is 9.71. The van der Waals surface area contributed by atoms with Crippen LogP contribution in [0, 0.1) is 40.9 Å². The molecule has 1 aliphatic heterocycles. The van der Waals surface area contributed by atoms with E-state index in [0.717, 1.165) is 5.57 Å². The molecule has 0 spiro atoms. The predicted molar refractivity (Wildman–Crippen MR) is 99.7 cm³/mol. The molecule has 0 aromatic carbocycles. The SMILES string of the molecule is COc1nc(C)cc(C(=C2C=C(C)OC(C)=C2)C(C)=C(C#N)C#N)c1C#N. The van der Waals surface area contributed by atoms with Gasteiger partial charge < -0.3 is 9.47 Å². The Morgan fingerprint density at radius 1 is 1.07 bits per heavy atom. The number of nitrogens with zero attached hydrogens (tertiary/aromatic N) is 4. The molecule has 134 valence electrons. The number of aromatic nitrogens is 1. The van der Waals surface area contributed by atoms with E-state index in [2.05, 4.69) is 11.1 Å². The van der Waals surface area contributed by atoms with Crippen LogP contribution in [0.25, 0.3) is 5.57 Å². The Hall–Kier alpha value is -3.82. The van der Waals surface area contributed by atoms with Gasteiger partial charge >= 0.3 is 0 Å². The van der Waals surface area contributed by atoms with Crippen molar-refractivity contribution in [1.29, 1.82) is 15.8 Å². The number of aryl methyl sites for hydroxylation is 1. The number of allylic oxidation sites excluding steroid dienone is 8. The van der Waals surface area contributed by atoms with Crippen molar-refractivity contribution >= 4 is 5.57 Å². The zero-order valence-corrected chi connectivity index (χ0v) is 15.8. The average molecular weight is 358 g/mol. The third-order valence-corrected chi connectivity index (χ3v) is 3.99. The number of rotatable bonds is 3. The van der Waals surface area contributed by atoms with Crippen molar-refractivity contribution in [3.8, 4) is 24.1 Å². The molecule has 0 amide bonds. The van der Waals surface area contributed by atoms with Crippen LogP contribution in [0.4, 0.5) is 0 Å². The summed E-state index contributed by atoms with van der Waals surface area (Å²) in [7, 11) is 1.44. The molecule has 27 heavy (non-hydrogen) atoms. The molecule has 0 unspecified atom stereocenters. The maximum Gasteiger partial charge on any atom is 0.232 e. The molecule has 0 radical (unpaired) electrons. The summed E-state index contributed by atoms with van der Waals surface area (Å²) in [5.41, 5.74) is 3.20. The summed E-state index contributed by atoms with van der Waals surface area (Å²) in [6.45, 7) is 7.10. The van der Waals surface area contributed by atoms with Gasteiger partial charge in [-0.05, 0) is 62.6 Å². The Balaban J connectivity index is 3.03. The van der Waals surface area contributed by atoms with E-state index in [0.29, 0.717) is 33.9 Å². The van der Waals surface area contributed by atoms with Gasteiger partial charge in [0.1, 0.15) is 40.9 Å². The van der Waals surface area contributed by atoms with E-state index < -0.39 is 0 Å². The van der Waals surface area contributed by atoms with Gasteiger partial charge in [0.05, 0.1) is 7.11 Å². The number of nitriles is 3. The molecule has 0 atom stereocenters. The molecule has 1 aromatic rings. The third-order valence-electron chi connectivity index (χ3n) is 3.99. The first-order chi connectivity index (χ1) is 12.9. The molecular formula is C21H18N4O2. The van der Waals surface area contributed by atoms with Crippen molar-refractivity contribution < 1.29 is 9.47 Å². The van der Waals surface area contributed by atoms with E-state index in [1.54, 1.807) is 19.9 Å². The Bertz CT molecular complexity index is 1020. The van der Waals surface area contributed by atoms with E-state index >= 15 is 0 Å². The van der Waals surface area contributed by atoms with Gasteiger partial charge in [-0.3, -0.25) is 0 Å². The Morgan fingerprint density at radius 2 is 1.67 bits per heavy atom. The smallest absolute Gasteiger partial charge is 0.232 e. The first-order valence-electron chi connectivity index (χ1n) is 8.12. The van der Waals surface area contributed by atoms with Gasteiger partial charge in [-0.2, -0.15) is 15.8 Å². The standard InChI is InChI=1S/C21H18N4O2/c1-12-6-18(19(11-24)21(25-12)26-5)20(15(4)17(9-22)10-23)16-7-13(2)27-14(3)8-16/h6-8H,1-5H3. The largest absolute Gasteiger partial charge is 0.480 e. The first kappa shape index (κ1) is 19.5. The van der Waals surface area contributed by atoms with Gasteiger partial charge in [0.25, 0.3) is 0 Å². The molecule has 2 rings (SSSR count). The van der Waals surface area contributed by atoms with Crippen molar-refractivity contribution in [3.05, 3.63) is 63.3 Å². The summed E-state index contributed by atoms with van der Waals surface area (Å²) in [4.78, 5) is 4.26. The van der Waals surface area contributed by atoms with Crippen molar-refractivity contribution in [1.82, 2.24) is 4.98 Å². The predicted octanol–water partition coefficient (Wildman–Crippen LogP) is 4.23. The lowest BCUT2D eigenvalue weighted by atomic mass is 9.87. The van der Waals surface area contributed by atoms with Gasteiger partial charge in [-0.25, -0.2) is 4.98 Å². The number of methoxy groups -OCH3 is 1. The topological polar surface area (TPSA) is 103 Å². The van der Waals surface area contributed by atoms with Crippen LogP contribution in [0.1, 0.15) is 37.6 Å². The van der Waals surface area contributed by atoms with Gasteiger partial charge in [-0.1, -0.05) is 0 Å². The molecule has 0 N–H and O–H groups in total. The molecule has 0 saturated heterocycles. The maximum absolute atomic E-state index is 9.71. The second kappa shape index (κ2) is 8.04. The fourth-order valence-electron chi connectivity index (χ4n) is 2.93. The second-order valence-corrected chi connectivity index (χ2v) is 5.97. The van der Waals surface area contributed by atoms with E-state index in [1.807, 2.05) is 38.1 Å². The van der Waals surface area contributed by atoms with Gasteiger partial charge in [0.2, 0.25) is 5.88 Å². The number of hydrogen-bond donors (Lipinski definition) is 0. The van der Waals surface area contributed by atoms with Crippen LogP contribution in [0.2, 0.25) is 0 Å². The summed E-state index contributed by atoms with van der Waals surface area (Å²) in [5, 5.41) is 28.4. The van der Waals surface area contributed by atoms with Crippen LogP contribution in [0.5, 0.6) is 5.88 Å². The quantitative estimate of drug-likeness (QED) is 0.749. The molecule has 0 bridgehead atoms. The lowest BCUT2D eigenvalue weighted by Crippen LogP contribution is -2.04. The summed E-state index contributed by atoms with van der Waals surface area (Å²) >= 11 is 0. The molecule has 0 saturated carbocycles. The van der Waals surface area contributed by atoms with Gasteiger partial charge in [-0.15, -0.1) is 0 Å². The van der Waals surface area contributed by atoms with E-state index in [-0.39, 0.29) is 17.0 Å². The minimum absolute atomic E-state index is 0.0292. The normalized spacial score (nSPS) is 12.4. The third kappa shape index (κ3) is 3.89. The fraction of sp³-hybridized carbons (Fsp3) is 0.238. The zero-order valence-electron chi connectivity index (χ0n) is 15.8. The van der Waals surface area contributed by atoms with Crippen LogP contribution in [-0.4, -0.2) is 12.1 Å². The van der Waals surface area contributed by atoms with Crippen molar-refractivity contribution in [2.75, 3.05) is 7.11 Å². The van der Waals surface area contributed by atoms with Crippen LogP contribution < -0.4 is 4.74 Å². The Kier molecular flexibility index (Phi) is 5.81. The molecule has 6 heteroatoms. The number of hydrogen-bond acceptors (Lipinski definition) is 6. The van der Waals surface area contributed by atoms with Gasteiger partial charge in [0, 0.05) is 11.3 Å². The van der Waals surface area contributed by atoms with Crippen molar-refractivity contribution in [2.24, 2.45) is 0 Å². The highest BCUT2D eigenvalue weighted by molar-refractivity contribution is 5.89. The van der Waals surface area contributed by atoms with E-state index in [1.165, 1.54) is 7.11 Å². The van der Waals surface area contributed by atoms with E-state index in [9.17, 15) is 15.8 Å². The van der Waals surface area contributed by atoms with Crippen LogP contribution in [0.15, 0.2) is 46.5 Å². The van der Waals surface area contributed by atoms with Crippen LogP contribution in [0.3, 0.4) is 0 Å². The molecule has 0 aliphatic carbocycles. The zero-order chi connectivity index (χ0) is 20.1. The number of ether oxygens (including phenoxy) is 2. The lowest BCUT2D eigenvalue weighted by Gasteiger charge is -2.19. The fourth-order valence-corrected chi connectivity index (χ4v) is 2.93. The lowest BCUT2D eigenvalue weighted by molar-refractivity contribution is 0.304. The Labute approximate surface area is 158 Å². The molecule has 6 nitrogen and oxygen atoms in total. The molecule has 2 heterocycles. The minimum Gasteiger partial charge on any atom is -0.480 e. The van der Waals surface area contributed by atoms with Crippen LogP contribution >= 0.6 is 0 Å². The second-order valence-electron chi connectivity index (χ2n) is 5.97. The molecule has 0 fully saturated rings. The highest BCUT2D eigenvalue weighted by atomic mass is 16.5. The minimum atomic E-state index is -0.0292. The van der Waals surface area contributed by atoms with E-state index in [4.69, 9.17) is 9.47 Å². The summed E-state index contributed by atoms with van der Waals surface area (Å²) in [6.07, 6.45) is 3.61. The summed E-state index contributed by atoms with van der Waals surface area (Å²) in [5.74, 6) is 1.53.